The van der Waals surface area contributed by atoms with E-state index in [2.05, 4.69) is 35.7 Å². The fourth-order valence-electron chi connectivity index (χ4n) is 2.85. The van der Waals surface area contributed by atoms with Crippen LogP contribution in [-0.2, 0) is 17.7 Å². The molecule has 5 nitrogen and oxygen atoms in total. The van der Waals surface area contributed by atoms with Crippen LogP contribution in [0.5, 0.6) is 0 Å². The van der Waals surface area contributed by atoms with Gasteiger partial charge in [-0.2, -0.15) is 11.8 Å². The highest BCUT2D eigenvalue weighted by Crippen LogP contribution is 2.29. The second kappa shape index (κ2) is 10.4. The maximum absolute atomic E-state index is 6.14. The van der Waals surface area contributed by atoms with Gasteiger partial charge in [-0.05, 0) is 24.5 Å². The molecule has 0 aliphatic heterocycles. The van der Waals surface area contributed by atoms with E-state index in [1.807, 2.05) is 30.0 Å². The molecule has 2 aromatic heterocycles. The van der Waals surface area contributed by atoms with Crippen LogP contribution in [0.4, 0.5) is 5.82 Å². The molecule has 3 aromatic rings. The summed E-state index contributed by atoms with van der Waals surface area (Å²) in [5.74, 6) is 2.81. The molecule has 0 atom stereocenters. The molecule has 0 bridgehead atoms. The number of para-hydroxylation sites is 1. The number of hydrogen-bond acceptors (Lipinski definition) is 5. The first-order valence-electron chi connectivity index (χ1n) is 9.19. The largest absolute Gasteiger partial charge is 0.383 e. The second-order valence-corrected chi connectivity index (χ2v) is 7.22. The number of aryl methyl sites for hydroxylation is 1. The topological polar surface area (TPSA) is 66.0 Å². The van der Waals surface area contributed by atoms with E-state index in [1.54, 1.807) is 7.11 Å². The first-order chi connectivity index (χ1) is 12.7. The minimum absolute atomic E-state index is 0.502. The van der Waals surface area contributed by atoms with Gasteiger partial charge in [-0.1, -0.05) is 38.5 Å². The molecule has 0 aliphatic rings. The molecule has 3 rings (SSSR count). The Bertz CT molecular complexity index is 829. The van der Waals surface area contributed by atoms with Crippen LogP contribution in [0, 0.1) is 0 Å². The third-order valence-electron chi connectivity index (χ3n) is 4.25. The molecule has 0 saturated heterocycles. The zero-order chi connectivity index (χ0) is 18.9. The molecule has 142 valence electrons. The number of thioether (sulfide) groups is 1. The highest BCUT2D eigenvalue weighted by atomic mass is 32.2. The van der Waals surface area contributed by atoms with Crippen LogP contribution in [0.3, 0.4) is 0 Å². The normalized spacial score (nSPS) is 10.9. The second-order valence-electron chi connectivity index (χ2n) is 6.06. The molecule has 0 fully saturated rings. The Morgan fingerprint density at radius 3 is 2.58 bits per heavy atom. The summed E-state index contributed by atoms with van der Waals surface area (Å²) in [7, 11) is 1.72. The Balaban J connectivity index is 0.000000552. The van der Waals surface area contributed by atoms with Crippen LogP contribution < -0.4 is 5.73 Å². The number of benzene rings is 1. The molecule has 0 unspecified atom stereocenters. The van der Waals surface area contributed by atoms with Gasteiger partial charge in [-0.15, -0.1) is 0 Å². The van der Waals surface area contributed by atoms with Crippen molar-refractivity contribution in [3.63, 3.8) is 0 Å². The number of rotatable bonds is 7. The van der Waals surface area contributed by atoms with Gasteiger partial charge in [0.25, 0.3) is 0 Å². The monoisotopic (exact) mass is 374 g/mol. The summed E-state index contributed by atoms with van der Waals surface area (Å²) >= 11 is 1.86. The average molecular weight is 375 g/mol. The fourth-order valence-corrected chi connectivity index (χ4v) is 2.85. The summed E-state index contributed by atoms with van der Waals surface area (Å²) in [5, 5.41) is 1.10. The summed E-state index contributed by atoms with van der Waals surface area (Å²) in [6.45, 7) is 5.76. The number of ether oxygens (including phenoxy) is 1. The number of methoxy groups -OCH3 is 1. The van der Waals surface area contributed by atoms with Crippen molar-refractivity contribution < 1.29 is 4.74 Å². The molecule has 0 amide bonds. The molecule has 1 aromatic carbocycles. The molecule has 2 N–H and O–H groups in total. The van der Waals surface area contributed by atoms with Crippen molar-refractivity contribution in [3.05, 3.63) is 30.1 Å². The molecular weight excluding hydrogens is 344 g/mol. The van der Waals surface area contributed by atoms with Crippen LogP contribution >= 0.6 is 11.8 Å². The van der Waals surface area contributed by atoms with Crippen molar-refractivity contribution in [1.29, 1.82) is 0 Å². The van der Waals surface area contributed by atoms with E-state index in [9.17, 15) is 0 Å². The number of fused-ring (bicyclic) bond motifs is 3. The smallest absolute Gasteiger partial charge is 0.152 e. The summed E-state index contributed by atoms with van der Waals surface area (Å²) in [5.41, 5.74) is 8.94. The highest BCUT2D eigenvalue weighted by molar-refractivity contribution is 7.98. The number of unbranched alkanes of at least 4 members (excludes halogenated alkanes) is 1. The van der Waals surface area contributed by atoms with Gasteiger partial charge in [-0.25, -0.2) is 9.97 Å². The van der Waals surface area contributed by atoms with Gasteiger partial charge in [0.1, 0.15) is 11.3 Å². The maximum atomic E-state index is 6.14. The maximum Gasteiger partial charge on any atom is 0.152 e. The van der Waals surface area contributed by atoms with Crippen molar-refractivity contribution in [2.24, 2.45) is 0 Å². The third-order valence-corrected chi connectivity index (χ3v) is 4.83. The van der Waals surface area contributed by atoms with Crippen LogP contribution in [-0.4, -0.2) is 40.3 Å². The Kier molecular flexibility index (Phi) is 8.19. The number of imidazole rings is 1. The Morgan fingerprint density at radius 1 is 1.19 bits per heavy atom. The molecule has 0 aliphatic carbocycles. The SMILES string of the molecule is CCCCc1nc2c(N)nc3ccccc3c2n1CCOC.CCSC. The Labute approximate surface area is 160 Å². The quantitative estimate of drug-likeness (QED) is 0.658. The lowest BCUT2D eigenvalue weighted by Crippen LogP contribution is -2.08. The lowest BCUT2D eigenvalue weighted by Gasteiger charge is -2.10. The third kappa shape index (κ3) is 4.68. The zero-order valence-electron chi connectivity index (χ0n) is 16.3. The minimum Gasteiger partial charge on any atom is -0.383 e. The minimum atomic E-state index is 0.502. The van der Waals surface area contributed by atoms with Crippen molar-refractivity contribution in [2.75, 3.05) is 31.5 Å². The van der Waals surface area contributed by atoms with Gasteiger partial charge in [0.2, 0.25) is 0 Å². The predicted octanol–water partition coefficient (Wildman–Crippen LogP) is 4.53. The number of pyridine rings is 1. The van der Waals surface area contributed by atoms with Crippen LogP contribution in [0.1, 0.15) is 32.5 Å². The van der Waals surface area contributed by atoms with Gasteiger partial charge in [0.05, 0.1) is 17.6 Å². The highest BCUT2D eigenvalue weighted by Gasteiger charge is 2.16. The lowest BCUT2D eigenvalue weighted by molar-refractivity contribution is 0.187. The number of nitrogens with two attached hydrogens (primary N) is 1. The van der Waals surface area contributed by atoms with Gasteiger partial charge < -0.3 is 15.0 Å². The van der Waals surface area contributed by atoms with E-state index in [4.69, 9.17) is 15.5 Å². The molecule has 6 heteroatoms. The number of nitrogens with zero attached hydrogens (tertiary/aromatic N) is 3. The summed E-state index contributed by atoms with van der Waals surface area (Å²) in [6.07, 6.45) is 5.30. The molecular formula is C20H30N4OS. The van der Waals surface area contributed by atoms with E-state index in [0.717, 1.165) is 53.6 Å². The van der Waals surface area contributed by atoms with Gasteiger partial charge in [0, 0.05) is 25.5 Å². The van der Waals surface area contributed by atoms with Crippen molar-refractivity contribution in [1.82, 2.24) is 14.5 Å². The Hall–Kier alpha value is -1.79. The molecule has 2 heterocycles. The number of anilines is 1. The van der Waals surface area contributed by atoms with Crippen LogP contribution in [0.15, 0.2) is 24.3 Å². The van der Waals surface area contributed by atoms with E-state index in [1.165, 1.54) is 5.75 Å². The van der Waals surface area contributed by atoms with E-state index >= 15 is 0 Å². The number of hydrogen-bond donors (Lipinski definition) is 1. The van der Waals surface area contributed by atoms with Crippen LogP contribution in [0.25, 0.3) is 21.9 Å². The number of nitrogen functional groups attached to an aromatic ring is 1. The summed E-state index contributed by atoms with van der Waals surface area (Å²) in [4.78, 5) is 9.26. The average Bonchev–Trinajstić information content (AvgIpc) is 3.04. The van der Waals surface area contributed by atoms with E-state index < -0.39 is 0 Å². The molecule has 0 radical (unpaired) electrons. The Morgan fingerprint density at radius 2 is 1.92 bits per heavy atom. The first kappa shape index (κ1) is 20.5. The van der Waals surface area contributed by atoms with Gasteiger partial charge in [0.15, 0.2) is 5.82 Å². The molecule has 0 saturated carbocycles. The zero-order valence-corrected chi connectivity index (χ0v) is 17.1. The van der Waals surface area contributed by atoms with E-state index in [-0.39, 0.29) is 0 Å². The van der Waals surface area contributed by atoms with Crippen molar-refractivity contribution >= 4 is 39.5 Å². The first-order valence-corrected chi connectivity index (χ1v) is 10.6. The van der Waals surface area contributed by atoms with Crippen LogP contribution in [0.2, 0.25) is 0 Å². The lowest BCUT2D eigenvalue weighted by atomic mass is 10.2. The summed E-state index contributed by atoms with van der Waals surface area (Å²) in [6, 6.07) is 8.08. The number of aromatic nitrogens is 3. The summed E-state index contributed by atoms with van der Waals surface area (Å²) < 4.78 is 7.52. The van der Waals surface area contributed by atoms with Gasteiger partial charge >= 0.3 is 0 Å². The van der Waals surface area contributed by atoms with Crippen molar-refractivity contribution in [3.8, 4) is 0 Å². The van der Waals surface area contributed by atoms with Crippen molar-refractivity contribution in [2.45, 2.75) is 39.7 Å². The predicted molar refractivity (Wildman–Crippen MR) is 114 cm³/mol. The van der Waals surface area contributed by atoms with Gasteiger partial charge in [-0.3, -0.25) is 0 Å². The molecule has 26 heavy (non-hydrogen) atoms. The van der Waals surface area contributed by atoms with E-state index in [0.29, 0.717) is 12.4 Å². The molecule has 0 spiro atoms. The fraction of sp³-hybridized carbons (Fsp3) is 0.500. The standard InChI is InChI=1S/C17H22N4O.C3H8S/c1-3-4-9-14-20-15-16(21(14)10-11-22-2)12-7-5-6-8-13(12)19-17(15)18;1-3-4-2/h5-8H,3-4,9-11H2,1-2H3,(H2,18,19);3H2,1-2H3.